The molecule has 114 valence electrons. The minimum atomic E-state index is -0.586. The van der Waals surface area contributed by atoms with Gasteiger partial charge < -0.3 is 9.47 Å². The second-order valence-corrected chi connectivity index (χ2v) is 5.91. The van der Waals surface area contributed by atoms with Gasteiger partial charge in [0.25, 0.3) is 0 Å². The number of carbonyl (C=O) groups is 2. The Balaban J connectivity index is 2.87. The smallest absolute Gasteiger partial charge is 0.411 e. The molecule has 0 aromatic carbocycles. The third-order valence-electron chi connectivity index (χ3n) is 3.10. The van der Waals surface area contributed by atoms with Gasteiger partial charge in [-0.25, -0.2) is 9.59 Å². The Hall–Kier alpha value is -1.52. The highest BCUT2D eigenvalue weighted by Crippen LogP contribution is 2.29. The minimum Gasteiger partial charge on any atom is -0.464 e. The number of nitrogens with zero attached hydrogens (tertiary/aromatic N) is 1. The predicted molar refractivity (Wildman–Crippen MR) is 76.3 cm³/mol. The van der Waals surface area contributed by atoms with Crippen molar-refractivity contribution in [3.63, 3.8) is 0 Å². The van der Waals surface area contributed by atoms with Crippen LogP contribution in [0.25, 0.3) is 0 Å². The standard InChI is InChI=1S/C15H25NO4/c1-6-8-11-9-10-12(13(17)19-7-2)16(11)14(18)20-15(3,4)5/h6,11-12H,1,7-10H2,2-5H3. The van der Waals surface area contributed by atoms with E-state index in [9.17, 15) is 9.59 Å². The van der Waals surface area contributed by atoms with Gasteiger partial charge in [0.15, 0.2) is 0 Å². The van der Waals surface area contributed by atoms with Gasteiger partial charge in [-0.1, -0.05) is 6.08 Å². The van der Waals surface area contributed by atoms with Crippen LogP contribution in [0.2, 0.25) is 0 Å². The number of amides is 1. The Labute approximate surface area is 120 Å². The Bertz CT molecular complexity index is 373. The van der Waals surface area contributed by atoms with Crippen LogP contribution in [0.1, 0.15) is 47.0 Å². The quantitative estimate of drug-likeness (QED) is 0.588. The average molecular weight is 283 g/mol. The van der Waals surface area contributed by atoms with Gasteiger partial charge in [0.1, 0.15) is 11.6 Å². The Morgan fingerprint density at radius 2 is 2.00 bits per heavy atom. The van der Waals surface area contributed by atoms with E-state index in [0.717, 1.165) is 6.42 Å². The van der Waals surface area contributed by atoms with Crippen molar-refractivity contribution in [2.45, 2.75) is 64.6 Å². The topological polar surface area (TPSA) is 55.8 Å². The number of rotatable bonds is 4. The minimum absolute atomic E-state index is 0.0447. The summed E-state index contributed by atoms with van der Waals surface area (Å²) in [6.07, 6.45) is 3.32. The molecule has 1 saturated heterocycles. The summed E-state index contributed by atoms with van der Waals surface area (Å²) in [7, 11) is 0. The lowest BCUT2D eigenvalue weighted by Gasteiger charge is -2.31. The highest BCUT2D eigenvalue weighted by Gasteiger charge is 2.43. The lowest BCUT2D eigenvalue weighted by atomic mass is 10.1. The van der Waals surface area contributed by atoms with Crippen molar-refractivity contribution in [3.05, 3.63) is 12.7 Å². The van der Waals surface area contributed by atoms with Gasteiger partial charge in [0.2, 0.25) is 0 Å². The summed E-state index contributed by atoms with van der Waals surface area (Å²) >= 11 is 0. The van der Waals surface area contributed by atoms with E-state index in [1.165, 1.54) is 4.90 Å². The Morgan fingerprint density at radius 1 is 1.35 bits per heavy atom. The second kappa shape index (κ2) is 6.77. The summed E-state index contributed by atoms with van der Waals surface area (Å²) in [4.78, 5) is 25.8. The first-order valence-corrected chi connectivity index (χ1v) is 7.09. The number of esters is 1. The van der Waals surface area contributed by atoms with E-state index in [-0.39, 0.29) is 12.0 Å². The number of hydrogen-bond acceptors (Lipinski definition) is 4. The van der Waals surface area contributed by atoms with Crippen LogP contribution >= 0.6 is 0 Å². The molecule has 0 aromatic rings. The maximum Gasteiger partial charge on any atom is 0.411 e. The van der Waals surface area contributed by atoms with Gasteiger partial charge in [-0.3, -0.25) is 4.90 Å². The summed E-state index contributed by atoms with van der Waals surface area (Å²) in [6.45, 7) is 11.2. The van der Waals surface area contributed by atoms with Gasteiger partial charge in [-0.15, -0.1) is 6.58 Å². The molecule has 20 heavy (non-hydrogen) atoms. The molecule has 5 heteroatoms. The van der Waals surface area contributed by atoms with Gasteiger partial charge in [-0.2, -0.15) is 0 Å². The average Bonchev–Trinajstić information content (AvgIpc) is 2.71. The molecule has 1 rings (SSSR count). The van der Waals surface area contributed by atoms with Crippen molar-refractivity contribution >= 4 is 12.1 Å². The van der Waals surface area contributed by atoms with Crippen molar-refractivity contribution in [1.29, 1.82) is 0 Å². The van der Waals surface area contributed by atoms with Crippen molar-refractivity contribution in [1.82, 2.24) is 4.90 Å². The van der Waals surface area contributed by atoms with E-state index in [4.69, 9.17) is 9.47 Å². The molecule has 1 aliphatic rings. The molecule has 1 aliphatic heterocycles. The van der Waals surface area contributed by atoms with Crippen molar-refractivity contribution in [3.8, 4) is 0 Å². The molecule has 1 fully saturated rings. The lowest BCUT2D eigenvalue weighted by Crippen LogP contribution is -2.47. The molecule has 0 saturated carbocycles. The van der Waals surface area contributed by atoms with E-state index in [0.29, 0.717) is 19.4 Å². The van der Waals surface area contributed by atoms with Gasteiger partial charge in [0, 0.05) is 6.04 Å². The zero-order valence-electron chi connectivity index (χ0n) is 12.8. The Kier molecular flexibility index (Phi) is 5.60. The second-order valence-electron chi connectivity index (χ2n) is 5.91. The van der Waals surface area contributed by atoms with E-state index in [1.54, 1.807) is 13.0 Å². The molecule has 5 nitrogen and oxygen atoms in total. The van der Waals surface area contributed by atoms with Crippen molar-refractivity contribution in [2.24, 2.45) is 0 Å². The maximum atomic E-state index is 12.3. The monoisotopic (exact) mass is 283 g/mol. The van der Waals surface area contributed by atoms with Crippen LogP contribution in [0.3, 0.4) is 0 Å². The summed E-state index contributed by atoms with van der Waals surface area (Å²) in [5.74, 6) is -0.357. The Morgan fingerprint density at radius 3 is 2.50 bits per heavy atom. The maximum absolute atomic E-state index is 12.3. The molecule has 0 aliphatic carbocycles. The molecule has 0 N–H and O–H groups in total. The first-order valence-electron chi connectivity index (χ1n) is 7.09. The van der Waals surface area contributed by atoms with Crippen LogP contribution in [0.4, 0.5) is 4.79 Å². The first-order chi connectivity index (χ1) is 9.30. The predicted octanol–water partition coefficient (Wildman–Crippen LogP) is 2.89. The number of hydrogen-bond donors (Lipinski definition) is 0. The third kappa shape index (κ3) is 4.25. The van der Waals surface area contributed by atoms with E-state index in [1.807, 2.05) is 20.8 Å². The van der Waals surface area contributed by atoms with Crippen LogP contribution < -0.4 is 0 Å². The fourth-order valence-electron chi connectivity index (χ4n) is 2.37. The number of ether oxygens (including phenoxy) is 2. The third-order valence-corrected chi connectivity index (χ3v) is 3.10. The van der Waals surface area contributed by atoms with E-state index < -0.39 is 17.7 Å². The van der Waals surface area contributed by atoms with Gasteiger partial charge in [0.05, 0.1) is 6.61 Å². The highest BCUT2D eigenvalue weighted by molar-refractivity contribution is 5.82. The summed E-state index contributed by atoms with van der Waals surface area (Å²) in [5, 5.41) is 0. The van der Waals surface area contributed by atoms with Crippen LogP contribution in [-0.2, 0) is 14.3 Å². The van der Waals surface area contributed by atoms with Crippen LogP contribution in [0.5, 0.6) is 0 Å². The zero-order chi connectivity index (χ0) is 15.3. The molecular weight excluding hydrogens is 258 g/mol. The zero-order valence-corrected chi connectivity index (χ0v) is 12.8. The summed E-state index contributed by atoms with van der Waals surface area (Å²) in [5.41, 5.74) is -0.586. The summed E-state index contributed by atoms with van der Waals surface area (Å²) in [6, 6.07) is -0.591. The van der Waals surface area contributed by atoms with Crippen molar-refractivity contribution < 1.29 is 19.1 Å². The molecular formula is C15H25NO4. The van der Waals surface area contributed by atoms with Crippen LogP contribution in [0.15, 0.2) is 12.7 Å². The summed E-state index contributed by atoms with van der Waals surface area (Å²) < 4.78 is 10.5. The molecule has 2 atom stereocenters. The van der Waals surface area contributed by atoms with Crippen LogP contribution in [0, 0.1) is 0 Å². The molecule has 0 radical (unpaired) electrons. The fourth-order valence-corrected chi connectivity index (χ4v) is 2.37. The normalized spacial score (nSPS) is 22.5. The SMILES string of the molecule is C=CCC1CCC(C(=O)OCC)N1C(=O)OC(C)(C)C. The largest absolute Gasteiger partial charge is 0.464 e. The molecule has 1 heterocycles. The number of carbonyl (C=O) groups excluding carboxylic acids is 2. The highest BCUT2D eigenvalue weighted by atomic mass is 16.6. The molecule has 0 bridgehead atoms. The van der Waals surface area contributed by atoms with E-state index >= 15 is 0 Å². The molecule has 2 unspecified atom stereocenters. The lowest BCUT2D eigenvalue weighted by molar-refractivity contribution is -0.148. The van der Waals surface area contributed by atoms with E-state index in [2.05, 4.69) is 6.58 Å². The number of likely N-dealkylation sites (tertiary alicyclic amines) is 1. The van der Waals surface area contributed by atoms with Crippen molar-refractivity contribution in [2.75, 3.05) is 6.61 Å². The fraction of sp³-hybridized carbons (Fsp3) is 0.733. The van der Waals surface area contributed by atoms with Crippen LogP contribution in [-0.4, -0.2) is 41.3 Å². The molecule has 1 amide bonds. The molecule has 0 spiro atoms. The molecule has 0 aromatic heterocycles. The van der Waals surface area contributed by atoms with Gasteiger partial charge >= 0.3 is 12.1 Å². The van der Waals surface area contributed by atoms with Gasteiger partial charge in [-0.05, 0) is 47.0 Å². The first kappa shape index (κ1) is 16.5.